The molecule has 8 heterocycles. The number of aliphatic hydroxyl groups excluding tert-OH is 1. The number of carbonyl (C=O) groups excluding carboxylic acids is 2. The third-order valence-electron chi connectivity index (χ3n) is 18.5. The Morgan fingerprint density at radius 1 is 0.512 bits per heavy atom. The number of rotatable bonds is 17. The number of aromatic nitrogens is 11. The van der Waals surface area contributed by atoms with Crippen molar-refractivity contribution in [3.63, 3.8) is 0 Å². The molecule has 636 valence electrons. The molecule has 24 nitrogen and oxygen atoms in total. The minimum atomic E-state index is -4.68. The van der Waals surface area contributed by atoms with Crippen molar-refractivity contribution in [3.8, 4) is 0 Å². The molecule has 7 aromatic heterocycles. The van der Waals surface area contributed by atoms with Crippen LogP contribution in [0.1, 0.15) is 152 Å². The Kier molecular flexibility index (Phi) is 28.1. The topological polar surface area (TPSA) is 355 Å². The third-order valence-corrected chi connectivity index (χ3v) is 23.0. The number of hydrogen-bond acceptors (Lipinski definition) is 18. The smallest absolute Gasteiger partial charge is 1.00 e. The molecule has 1 atom stereocenters. The first-order valence-electron chi connectivity index (χ1n) is 35.6. The van der Waals surface area contributed by atoms with Gasteiger partial charge in [-0.05, 0) is 165 Å². The van der Waals surface area contributed by atoms with Crippen LogP contribution in [0.25, 0.3) is 39.2 Å². The Labute approximate surface area is 718 Å². The first-order chi connectivity index (χ1) is 57.3. The van der Waals surface area contributed by atoms with Crippen molar-refractivity contribution in [2.75, 3.05) is 19.5 Å². The number of nitrogens with one attached hydrogen (secondary N) is 7. The van der Waals surface area contributed by atoms with E-state index in [4.69, 9.17) is 11.6 Å². The molecule has 18 rings (SSSR count). The number of hydrogen-bond donors (Lipinski definition) is 8. The van der Waals surface area contributed by atoms with Gasteiger partial charge in [0.15, 0.2) is 23.7 Å². The fourth-order valence-electron chi connectivity index (χ4n) is 11.9. The van der Waals surface area contributed by atoms with Gasteiger partial charge >= 0.3 is 41.6 Å². The van der Waals surface area contributed by atoms with Crippen LogP contribution >= 0.6 is 11.6 Å². The molecule has 13 aromatic rings. The predicted octanol–water partition coefficient (Wildman–Crippen LogP) is 14.5. The van der Waals surface area contributed by atoms with Crippen LogP contribution in [0.3, 0.4) is 0 Å². The Balaban J connectivity index is 0.000000157. The van der Waals surface area contributed by atoms with E-state index < -0.39 is 161 Å². The average Bonchev–Trinajstić information content (AvgIpc) is 1.62. The molecule has 0 spiro atoms. The molecule has 1 unspecified atom stereocenters. The first kappa shape index (κ1) is 92.5. The summed E-state index contributed by atoms with van der Waals surface area (Å²) in [6, 6.07) is 14.1. The van der Waals surface area contributed by atoms with E-state index in [1.807, 2.05) is 15.6 Å². The Hall–Kier alpha value is -11.3. The van der Waals surface area contributed by atoms with Gasteiger partial charge in [-0.15, -0.1) is 4.98 Å². The molecule has 4 aliphatic carbocycles. The molecule has 4 fully saturated rings. The standard InChI is InChI=1S/C23H17F5N4O3S.C23H15F5N4O3S.C14H8F5NO3S.C9H9N3.C6H3ClN3.C3H5.BrH.Mg/c2*24-15-7-8-16(32-36(34,35)13-5-3-12(4-6-13)23(26,27)28)19(25)18(15)21(33)14-9-29-22-17(14)20(11-1-2-11)30-10-31-22;15-11-5-6-12(13(16)10(11)7-21)20-24(22,23)9-3-1-8(2-4-9)14(17,18)19;1-2-6(1)8-7-3-4-10-9(7)12-5-11-8;7-5-4-1-2-8-6(4)10-3-9-5;1-2-3-1;;/h3-11,21,32-33H,1-2H2,(H,29,30,31);3-11,32H,1-2H2,(H,29,30,31);1-7,20H;3-6H,1-2H2,(H,10,11,12);1,3H,(H,8,9,10);1H,2-3H2;1H;/q;;;;+1;-1;;+2/p-1. The second kappa shape index (κ2) is 37.4. The van der Waals surface area contributed by atoms with Crippen molar-refractivity contribution in [3.05, 3.63) is 279 Å². The maximum Gasteiger partial charge on any atom is 2.00 e. The van der Waals surface area contributed by atoms with Gasteiger partial charge in [-0.1, -0.05) is 0 Å². The largest absolute Gasteiger partial charge is 2.00 e. The number of alkyl halides is 9. The number of benzene rings is 6. The maximum absolute atomic E-state index is 15.4. The zero-order valence-corrected chi connectivity index (χ0v) is 68.6. The van der Waals surface area contributed by atoms with Crippen LogP contribution in [0.2, 0.25) is 5.15 Å². The van der Waals surface area contributed by atoms with E-state index in [9.17, 15) is 97.0 Å². The number of aldehydes is 1. The van der Waals surface area contributed by atoms with Crippen molar-refractivity contribution in [1.29, 1.82) is 0 Å². The van der Waals surface area contributed by atoms with Crippen LogP contribution in [0, 0.1) is 47.5 Å². The van der Waals surface area contributed by atoms with E-state index in [1.165, 1.54) is 68.1 Å². The van der Waals surface area contributed by atoms with E-state index in [2.05, 4.69) is 78.8 Å². The molecule has 5 aliphatic rings. The number of ketones is 1. The molecule has 4 saturated carbocycles. The van der Waals surface area contributed by atoms with Crippen molar-refractivity contribution in [2.24, 2.45) is 0 Å². The number of aliphatic hydroxyl groups is 1. The average molecular weight is 1870 g/mol. The molecule has 0 radical (unpaired) electrons. The molecular formula is C78H57BrClF15MgN15O9S3+. The number of anilines is 4. The minimum absolute atomic E-state index is 0. The molecule has 0 amide bonds. The van der Waals surface area contributed by atoms with Gasteiger partial charge < -0.3 is 43.5 Å². The number of nitrogens with zero attached hydrogens (tertiary/aromatic N) is 8. The van der Waals surface area contributed by atoms with E-state index in [0.29, 0.717) is 129 Å². The Bertz CT molecular complexity index is 6510. The SMILES string of the molecule is Clc1ncnc2c1C=[C+]N2.O=C(c1c(F)ccc(NS(=O)(=O)c2ccc(C(F)(F)F)cc2)c1F)c1c[nH]c2ncnc(C3CC3)c12.O=Cc1c(F)ccc(NS(=O)(=O)c2ccc(C(F)(F)F)cc2)c1F.O=S(=O)(Nc1ccc(F)c(C(O)c2c[nH]c3ncnc(C4CC4)c23)c1F)c1ccc(C(F)(F)F)cc1.[Br-].[CH-]1CC1.[Mg+2].c1nc(C2CC2)c2cc[nH]c2n1. The summed E-state index contributed by atoms with van der Waals surface area (Å²) in [5.74, 6) is -7.23. The molecule has 6 aromatic carbocycles. The van der Waals surface area contributed by atoms with Gasteiger partial charge in [-0.3, -0.25) is 23.8 Å². The number of halogens is 17. The van der Waals surface area contributed by atoms with E-state index >= 15 is 8.78 Å². The van der Waals surface area contributed by atoms with Gasteiger partial charge in [0.25, 0.3) is 35.9 Å². The van der Waals surface area contributed by atoms with Crippen LogP contribution < -0.4 is 36.5 Å². The van der Waals surface area contributed by atoms with Gasteiger partial charge in [0.05, 0.1) is 93.2 Å². The van der Waals surface area contributed by atoms with E-state index in [1.54, 1.807) is 17.1 Å². The van der Waals surface area contributed by atoms with Crippen LogP contribution in [0.5, 0.6) is 0 Å². The number of fused-ring (bicyclic) bond motifs is 4. The summed E-state index contributed by atoms with van der Waals surface area (Å²) in [4.78, 5) is 63.6. The molecule has 45 heteroatoms. The summed E-state index contributed by atoms with van der Waals surface area (Å²) in [7, 11) is -13.5. The van der Waals surface area contributed by atoms with E-state index in [0.717, 1.165) is 67.0 Å². The van der Waals surface area contributed by atoms with Crippen molar-refractivity contribution in [2.45, 2.75) is 108 Å². The summed E-state index contributed by atoms with van der Waals surface area (Å²) in [5.41, 5.74) is -3.19. The summed E-state index contributed by atoms with van der Waals surface area (Å²) < 4.78 is 281. The second-order valence-electron chi connectivity index (χ2n) is 27.1. The molecule has 0 bridgehead atoms. The zero-order chi connectivity index (χ0) is 86.8. The molecular weight excluding hydrogens is 1810 g/mol. The maximum atomic E-state index is 15.4. The predicted molar refractivity (Wildman–Crippen MR) is 414 cm³/mol. The normalized spacial score (nSPS) is 14.2. The van der Waals surface area contributed by atoms with Crippen LogP contribution in [-0.2, 0) is 48.6 Å². The summed E-state index contributed by atoms with van der Waals surface area (Å²) >= 11 is 5.71. The van der Waals surface area contributed by atoms with Crippen LogP contribution in [0.15, 0.2) is 174 Å². The zero-order valence-electron chi connectivity index (χ0n) is 62.4. The quantitative estimate of drug-likeness (QED) is 0.0105. The van der Waals surface area contributed by atoms with Crippen molar-refractivity contribution >= 4 is 139 Å². The van der Waals surface area contributed by atoms with Gasteiger partial charge in [0.1, 0.15) is 78.1 Å². The summed E-state index contributed by atoms with van der Waals surface area (Å²) in [6.07, 6.45) is 9.80. The van der Waals surface area contributed by atoms with Crippen molar-refractivity contribution < 1.29 is 123 Å². The van der Waals surface area contributed by atoms with Gasteiger partial charge in [0.2, 0.25) is 16.5 Å². The Morgan fingerprint density at radius 2 is 0.927 bits per heavy atom. The first-order valence-corrected chi connectivity index (χ1v) is 40.5. The van der Waals surface area contributed by atoms with Gasteiger partial charge in [-0.2, -0.15) is 44.8 Å². The van der Waals surface area contributed by atoms with Gasteiger partial charge in [-0.25, -0.2) is 99.3 Å². The molecule has 8 N–H and O–H groups in total. The minimum Gasteiger partial charge on any atom is -1.00 e. The summed E-state index contributed by atoms with van der Waals surface area (Å²) in [5, 5.41) is 16.2. The monoisotopic (exact) mass is 1870 g/mol. The van der Waals surface area contributed by atoms with Crippen LogP contribution in [0.4, 0.5) is 88.7 Å². The number of aromatic amines is 3. The van der Waals surface area contributed by atoms with E-state index in [-0.39, 0.29) is 69.3 Å². The van der Waals surface area contributed by atoms with Crippen molar-refractivity contribution in [1.82, 2.24) is 54.8 Å². The van der Waals surface area contributed by atoms with Crippen LogP contribution in [-0.4, -0.2) is 120 Å². The van der Waals surface area contributed by atoms with Gasteiger partial charge in [0, 0.05) is 52.7 Å². The Morgan fingerprint density at radius 3 is 1.39 bits per heavy atom. The number of sulfonamides is 3. The number of H-pyrrole nitrogens is 3. The molecule has 123 heavy (non-hydrogen) atoms. The summed E-state index contributed by atoms with van der Waals surface area (Å²) in [6.45, 7) is 0. The molecule has 0 saturated heterocycles. The third kappa shape index (κ3) is 21.5. The second-order valence-corrected chi connectivity index (χ2v) is 32.5. The fraction of sp³-hybridized carbons (Fsp3) is 0.192. The molecule has 1 aliphatic heterocycles. The number of carbonyl (C=O) groups is 2. The fourth-order valence-corrected chi connectivity index (χ4v) is 15.3.